The van der Waals surface area contributed by atoms with E-state index >= 15 is 0 Å². The number of rotatable bonds is 7. The standard InChI is InChI=1S/C25H22ClF2N5O4/c1-14-11-29-24(30-18-5-6-20-21(10-18)37-25(27,28)36-20)32-22(14)33-8-7-16(12-33)23(35)31-19(13-34)15-3-2-4-17(26)9-15/h2-9,11-12,18-19,34H,10,13H2,1H3,(H,31,35)(H,29,30,32). The lowest BCUT2D eigenvalue weighted by Gasteiger charge is -2.18. The summed E-state index contributed by atoms with van der Waals surface area (Å²) in [4.78, 5) is 21.7. The second-order valence-corrected chi connectivity index (χ2v) is 8.98. The van der Waals surface area contributed by atoms with Crippen molar-refractivity contribution in [3.05, 3.63) is 94.3 Å². The zero-order chi connectivity index (χ0) is 26.2. The molecule has 3 aromatic rings. The fraction of sp³-hybridized carbons (Fsp3) is 0.240. The summed E-state index contributed by atoms with van der Waals surface area (Å²) in [6.07, 6.45) is 4.48. The average molecular weight is 530 g/mol. The van der Waals surface area contributed by atoms with Gasteiger partial charge in [0.05, 0.1) is 24.3 Å². The summed E-state index contributed by atoms with van der Waals surface area (Å²) in [6, 6.07) is 7.53. The van der Waals surface area contributed by atoms with Crippen LogP contribution in [0.25, 0.3) is 5.82 Å². The van der Waals surface area contributed by atoms with Gasteiger partial charge in [-0.1, -0.05) is 29.8 Å². The van der Waals surface area contributed by atoms with Crippen LogP contribution in [-0.4, -0.2) is 44.5 Å². The van der Waals surface area contributed by atoms with Crippen LogP contribution >= 0.6 is 11.6 Å². The number of hydrogen-bond acceptors (Lipinski definition) is 7. The highest BCUT2D eigenvalue weighted by Gasteiger charge is 2.45. The number of anilines is 1. The zero-order valence-corrected chi connectivity index (χ0v) is 20.2. The predicted molar refractivity (Wildman–Crippen MR) is 130 cm³/mol. The second-order valence-electron chi connectivity index (χ2n) is 8.54. The smallest absolute Gasteiger partial charge is 0.400 e. The maximum Gasteiger partial charge on any atom is 0.585 e. The molecule has 1 aliphatic carbocycles. The van der Waals surface area contributed by atoms with E-state index < -0.39 is 12.3 Å². The molecule has 0 fully saturated rings. The van der Waals surface area contributed by atoms with Crippen LogP contribution < -0.4 is 10.6 Å². The highest BCUT2D eigenvalue weighted by atomic mass is 35.5. The maximum atomic E-state index is 13.3. The van der Waals surface area contributed by atoms with Crippen LogP contribution in [0.3, 0.4) is 0 Å². The van der Waals surface area contributed by atoms with Crippen LogP contribution in [0.15, 0.2) is 72.6 Å². The number of alkyl halides is 2. The Bertz CT molecular complexity index is 1410. The maximum absolute atomic E-state index is 13.3. The Morgan fingerprint density at radius 1 is 1.35 bits per heavy atom. The van der Waals surface area contributed by atoms with Crippen LogP contribution in [0.4, 0.5) is 14.7 Å². The monoisotopic (exact) mass is 529 g/mol. The number of allylic oxidation sites excluding steroid dienone is 1. The number of aromatic nitrogens is 3. The Labute approximate surface area is 215 Å². The average Bonchev–Trinajstić information content (AvgIpc) is 3.46. The van der Waals surface area contributed by atoms with Crippen molar-refractivity contribution >= 4 is 23.5 Å². The van der Waals surface area contributed by atoms with E-state index in [9.17, 15) is 18.7 Å². The Kier molecular flexibility index (Phi) is 6.57. The molecular weight excluding hydrogens is 508 g/mol. The zero-order valence-electron chi connectivity index (χ0n) is 19.5. The van der Waals surface area contributed by atoms with Gasteiger partial charge in [-0.2, -0.15) is 4.98 Å². The molecule has 0 saturated heterocycles. The largest absolute Gasteiger partial charge is 0.585 e. The van der Waals surface area contributed by atoms with Crippen molar-refractivity contribution in [2.45, 2.75) is 31.7 Å². The summed E-state index contributed by atoms with van der Waals surface area (Å²) in [7, 11) is 0. The fourth-order valence-corrected chi connectivity index (χ4v) is 4.23. The number of hydrogen-bond donors (Lipinski definition) is 3. The molecule has 1 aromatic carbocycles. The first-order valence-corrected chi connectivity index (χ1v) is 11.7. The number of aryl methyl sites for hydroxylation is 1. The molecule has 3 heterocycles. The van der Waals surface area contributed by atoms with E-state index in [-0.39, 0.29) is 42.4 Å². The van der Waals surface area contributed by atoms with Gasteiger partial charge in [-0.05, 0) is 36.8 Å². The minimum absolute atomic E-state index is 0.00510. The number of nitrogens with zero attached hydrogens (tertiary/aromatic N) is 3. The fourth-order valence-electron chi connectivity index (χ4n) is 4.03. The normalized spacial score (nSPS) is 18.6. The highest BCUT2D eigenvalue weighted by molar-refractivity contribution is 6.30. The van der Waals surface area contributed by atoms with E-state index in [4.69, 9.17) is 11.6 Å². The topological polar surface area (TPSA) is 111 Å². The molecule has 0 spiro atoms. The summed E-state index contributed by atoms with van der Waals surface area (Å²) >= 11 is 6.03. The third-order valence-electron chi connectivity index (χ3n) is 5.83. The van der Waals surface area contributed by atoms with Crippen molar-refractivity contribution in [1.82, 2.24) is 19.9 Å². The third kappa shape index (κ3) is 5.42. The SMILES string of the molecule is Cc1cnc(NC2C=CC3=C(C2)OC(F)(F)O3)nc1-n1ccc(C(=O)NC(CO)c2cccc(Cl)c2)c1. The molecule has 5 rings (SSSR count). The molecule has 192 valence electrons. The van der Waals surface area contributed by atoms with Crippen molar-refractivity contribution in [3.8, 4) is 5.82 Å². The Balaban J connectivity index is 1.28. The third-order valence-corrected chi connectivity index (χ3v) is 6.06. The van der Waals surface area contributed by atoms with Crippen LogP contribution in [0.5, 0.6) is 0 Å². The Hall–Kier alpha value is -3.96. The molecule has 37 heavy (non-hydrogen) atoms. The van der Waals surface area contributed by atoms with Gasteiger partial charge in [0.2, 0.25) is 5.95 Å². The number of aliphatic hydroxyl groups excluding tert-OH is 1. The van der Waals surface area contributed by atoms with Crippen molar-refractivity contribution < 1.29 is 28.2 Å². The molecular formula is C25H22ClF2N5O4. The summed E-state index contributed by atoms with van der Waals surface area (Å²) in [5.74, 6) is 0.473. The number of benzene rings is 1. The van der Waals surface area contributed by atoms with E-state index in [0.29, 0.717) is 22.0 Å². The van der Waals surface area contributed by atoms with Crippen molar-refractivity contribution in [2.24, 2.45) is 0 Å². The lowest BCUT2D eigenvalue weighted by atomic mass is 10.1. The van der Waals surface area contributed by atoms with Gasteiger partial charge in [0.1, 0.15) is 5.82 Å². The number of nitrogens with one attached hydrogen (secondary N) is 2. The van der Waals surface area contributed by atoms with Crippen molar-refractivity contribution in [1.29, 1.82) is 0 Å². The molecule has 12 heteroatoms. The van der Waals surface area contributed by atoms with Crippen LogP contribution in [0.1, 0.15) is 33.9 Å². The first-order chi connectivity index (χ1) is 17.7. The Morgan fingerprint density at radius 3 is 2.97 bits per heavy atom. The van der Waals surface area contributed by atoms with Gasteiger partial charge in [-0.15, -0.1) is 8.78 Å². The van der Waals surface area contributed by atoms with Gasteiger partial charge in [0.15, 0.2) is 11.5 Å². The minimum Gasteiger partial charge on any atom is -0.400 e. The number of carbonyl (C=O) groups excluding carboxylic acids is 1. The predicted octanol–water partition coefficient (Wildman–Crippen LogP) is 4.24. The summed E-state index contributed by atoms with van der Waals surface area (Å²) in [5, 5.41) is 16.2. The molecule has 2 aromatic heterocycles. The molecule has 9 nitrogen and oxygen atoms in total. The van der Waals surface area contributed by atoms with E-state index in [1.165, 1.54) is 6.08 Å². The van der Waals surface area contributed by atoms with E-state index in [2.05, 4.69) is 30.1 Å². The minimum atomic E-state index is -3.67. The van der Waals surface area contributed by atoms with Gasteiger partial charge in [0, 0.05) is 35.6 Å². The molecule has 0 radical (unpaired) electrons. The summed E-state index contributed by atoms with van der Waals surface area (Å²) in [6.45, 7) is 1.53. The van der Waals surface area contributed by atoms with Crippen molar-refractivity contribution in [2.75, 3.05) is 11.9 Å². The van der Waals surface area contributed by atoms with Gasteiger partial charge in [-0.3, -0.25) is 4.79 Å². The molecule has 0 bridgehead atoms. The molecule has 2 aliphatic rings. The van der Waals surface area contributed by atoms with Crippen LogP contribution in [0, 0.1) is 6.92 Å². The lowest BCUT2D eigenvalue weighted by Crippen LogP contribution is -2.30. The summed E-state index contributed by atoms with van der Waals surface area (Å²) < 4.78 is 37.3. The highest BCUT2D eigenvalue weighted by Crippen LogP contribution is 2.38. The first-order valence-electron chi connectivity index (χ1n) is 11.3. The van der Waals surface area contributed by atoms with Gasteiger partial charge < -0.3 is 29.8 Å². The van der Waals surface area contributed by atoms with Gasteiger partial charge >= 0.3 is 6.29 Å². The van der Waals surface area contributed by atoms with Crippen LogP contribution in [0.2, 0.25) is 5.02 Å². The molecule has 2 unspecified atom stereocenters. The quantitative estimate of drug-likeness (QED) is 0.420. The van der Waals surface area contributed by atoms with E-state index in [0.717, 1.165) is 5.56 Å². The second kappa shape index (κ2) is 9.83. The van der Waals surface area contributed by atoms with Gasteiger partial charge in [0.25, 0.3) is 5.91 Å². The number of ether oxygens (including phenoxy) is 2. The van der Waals surface area contributed by atoms with E-state index in [1.807, 2.05) is 6.92 Å². The Morgan fingerprint density at radius 2 is 2.19 bits per heavy atom. The molecule has 1 amide bonds. The van der Waals surface area contributed by atoms with Gasteiger partial charge in [-0.25, -0.2) is 4.98 Å². The van der Waals surface area contributed by atoms with E-state index in [1.54, 1.807) is 59.6 Å². The number of halogens is 3. The lowest BCUT2D eigenvalue weighted by molar-refractivity contribution is -0.336. The molecule has 2 atom stereocenters. The molecule has 3 N–H and O–H groups in total. The van der Waals surface area contributed by atoms with Crippen LogP contribution in [-0.2, 0) is 9.47 Å². The number of amides is 1. The number of aliphatic hydroxyl groups is 1. The molecule has 1 aliphatic heterocycles. The van der Waals surface area contributed by atoms with Crippen molar-refractivity contribution in [3.63, 3.8) is 0 Å². The first kappa shape index (κ1) is 24.7. The molecule has 0 saturated carbocycles. The summed E-state index contributed by atoms with van der Waals surface area (Å²) in [5.41, 5.74) is 1.79. The number of carbonyl (C=O) groups is 1.